The van der Waals surface area contributed by atoms with Gasteiger partial charge in [0.2, 0.25) is 10.0 Å². The van der Waals surface area contributed by atoms with Crippen LogP contribution in [0.2, 0.25) is 0 Å². The standard InChI is InChI=1S/C22H27FN5O5S/c1-26-10-15(9-24-26)11-27-19(30)17-8-16(34(32,33)25-22(12-23)6-7-22)2-3-18(17)28(20(27)31)13-21(14-29)4-5-21/h2-3,8-10,16,25,29H,4-7,11-14H2,1H3/q+1. The normalized spacial score (nSPS) is 24.9. The molecule has 1 unspecified atom stereocenters. The zero-order chi connectivity index (χ0) is 24.3. The Morgan fingerprint density at radius 1 is 1.29 bits per heavy atom. The molecule has 2 saturated carbocycles. The number of rotatable bonds is 9. The van der Waals surface area contributed by atoms with E-state index >= 15 is 0 Å². The van der Waals surface area contributed by atoms with Crippen LogP contribution >= 0.6 is 0 Å². The van der Waals surface area contributed by atoms with Gasteiger partial charge in [0.15, 0.2) is 0 Å². The van der Waals surface area contributed by atoms with Crippen LogP contribution in [0.5, 0.6) is 0 Å². The predicted molar refractivity (Wildman–Crippen MR) is 119 cm³/mol. The Bertz CT molecular complexity index is 1260. The first-order chi connectivity index (χ1) is 16.1. The number of carbonyl (C=O) groups is 2. The number of aliphatic hydroxyl groups is 1. The molecule has 0 radical (unpaired) electrons. The smallest absolute Gasteiger partial charge is 0.396 e. The zero-order valence-electron chi connectivity index (χ0n) is 18.8. The summed E-state index contributed by atoms with van der Waals surface area (Å²) in [5, 5.41) is 12.7. The van der Waals surface area contributed by atoms with Gasteiger partial charge in [0.1, 0.15) is 36.3 Å². The number of aryl methyl sites for hydroxylation is 1. The van der Waals surface area contributed by atoms with E-state index in [-0.39, 0.29) is 25.3 Å². The number of imide groups is 1. The Balaban J connectivity index is 1.52. The minimum atomic E-state index is -3.99. The summed E-state index contributed by atoms with van der Waals surface area (Å²) in [7, 11) is -2.27. The van der Waals surface area contributed by atoms with Crippen molar-refractivity contribution in [2.75, 3.05) is 19.8 Å². The van der Waals surface area contributed by atoms with Gasteiger partial charge in [0, 0.05) is 24.2 Å². The van der Waals surface area contributed by atoms with Gasteiger partial charge in [-0.05, 0) is 37.8 Å². The lowest BCUT2D eigenvalue weighted by Crippen LogP contribution is -2.53. The number of hydrogen-bond acceptors (Lipinski definition) is 6. The number of nitrogens with zero attached hydrogens (tertiary/aromatic N) is 4. The van der Waals surface area contributed by atoms with Gasteiger partial charge in [-0.3, -0.25) is 4.68 Å². The molecule has 0 spiro atoms. The van der Waals surface area contributed by atoms with Gasteiger partial charge in [-0.1, -0.05) is 6.08 Å². The van der Waals surface area contributed by atoms with Crippen molar-refractivity contribution in [3.63, 3.8) is 0 Å². The highest BCUT2D eigenvalue weighted by atomic mass is 32.2. The first-order valence-corrected chi connectivity index (χ1v) is 12.7. The van der Waals surface area contributed by atoms with Crippen molar-refractivity contribution in [2.24, 2.45) is 12.5 Å². The summed E-state index contributed by atoms with van der Waals surface area (Å²) < 4.78 is 44.7. The lowest BCUT2D eigenvalue weighted by Gasteiger charge is -2.27. The van der Waals surface area contributed by atoms with Crippen molar-refractivity contribution in [1.29, 1.82) is 0 Å². The second kappa shape index (κ2) is 7.92. The molecular weight excluding hydrogens is 465 g/mol. The molecule has 4 aliphatic rings. The van der Waals surface area contributed by atoms with Crippen LogP contribution in [-0.4, -0.2) is 81.0 Å². The van der Waals surface area contributed by atoms with Gasteiger partial charge in [-0.25, -0.2) is 22.3 Å². The third kappa shape index (κ3) is 4.03. The first kappa shape index (κ1) is 23.1. The SMILES string of the molecule is Cn1cc(CN2C(=O)C3=CC(S(=O)(=O)NC4(CF)CC4)C=CC3=[N+](CC3(CO)CC3)C2=O)cn1. The molecule has 12 heteroatoms. The molecule has 10 nitrogen and oxygen atoms in total. The number of aliphatic hydroxyl groups excluding tert-OH is 1. The second-order valence-corrected chi connectivity index (χ2v) is 11.6. The molecule has 0 bridgehead atoms. The summed E-state index contributed by atoms with van der Waals surface area (Å²) in [6.07, 6.45) is 9.81. The van der Waals surface area contributed by atoms with E-state index in [4.69, 9.17) is 0 Å². The second-order valence-electron chi connectivity index (χ2n) is 9.79. The fourth-order valence-electron chi connectivity index (χ4n) is 4.36. The number of carbonyl (C=O) groups excluding carboxylic acids is 2. The van der Waals surface area contributed by atoms with E-state index in [1.807, 2.05) is 0 Å². The number of halogens is 1. The molecule has 3 aliphatic carbocycles. The minimum absolute atomic E-state index is 0.0247. The third-order valence-electron chi connectivity index (χ3n) is 6.99. The van der Waals surface area contributed by atoms with Crippen LogP contribution < -0.4 is 4.72 Å². The summed E-state index contributed by atoms with van der Waals surface area (Å²) >= 11 is 0. The van der Waals surface area contributed by atoms with Crippen LogP contribution in [0.15, 0.2) is 36.2 Å². The number of nitrogens with one attached hydrogen (secondary N) is 1. The number of amides is 3. The Morgan fingerprint density at radius 2 is 2.03 bits per heavy atom. The molecule has 2 fully saturated rings. The topological polar surface area (TPSA) is 125 Å². The molecule has 1 aromatic heterocycles. The monoisotopic (exact) mass is 492 g/mol. The molecule has 34 heavy (non-hydrogen) atoms. The van der Waals surface area contributed by atoms with Crippen molar-refractivity contribution >= 4 is 27.7 Å². The van der Waals surface area contributed by atoms with Crippen LogP contribution in [0.1, 0.15) is 31.2 Å². The fraction of sp³-hybridized carbons (Fsp3) is 0.545. The van der Waals surface area contributed by atoms with Crippen LogP contribution in [0.25, 0.3) is 0 Å². The molecular formula is C22H27FN5O5S+. The van der Waals surface area contributed by atoms with Crippen molar-refractivity contribution in [3.05, 3.63) is 41.8 Å². The van der Waals surface area contributed by atoms with E-state index in [9.17, 15) is 27.5 Å². The average Bonchev–Trinajstić information content (AvgIpc) is 3.73. The van der Waals surface area contributed by atoms with Crippen LogP contribution in [-0.2, 0) is 28.4 Å². The highest BCUT2D eigenvalue weighted by Gasteiger charge is 2.52. The van der Waals surface area contributed by atoms with Crippen LogP contribution in [0.4, 0.5) is 9.18 Å². The molecule has 182 valence electrons. The molecule has 0 saturated heterocycles. The van der Waals surface area contributed by atoms with E-state index in [0.717, 1.165) is 17.7 Å². The van der Waals surface area contributed by atoms with E-state index in [1.165, 1.54) is 22.8 Å². The Morgan fingerprint density at radius 3 is 2.59 bits per heavy atom. The highest BCUT2D eigenvalue weighted by molar-refractivity contribution is 7.90. The summed E-state index contributed by atoms with van der Waals surface area (Å²) in [6.45, 7) is -0.685. The van der Waals surface area contributed by atoms with E-state index in [1.54, 1.807) is 24.1 Å². The Hall–Kier alpha value is -2.70. The summed E-state index contributed by atoms with van der Waals surface area (Å²) in [4.78, 5) is 27.9. The quantitative estimate of drug-likeness (QED) is 0.481. The van der Waals surface area contributed by atoms with Crippen molar-refractivity contribution < 1.29 is 32.1 Å². The van der Waals surface area contributed by atoms with Gasteiger partial charge < -0.3 is 5.11 Å². The number of hydrogen-bond donors (Lipinski definition) is 2. The fourth-order valence-corrected chi connectivity index (χ4v) is 5.96. The predicted octanol–water partition coefficient (Wildman–Crippen LogP) is 0.395. The number of alkyl halides is 1. The Labute approximate surface area is 196 Å². The summed E-state index contributed by atoms with van der Waals surface area (Å²) in [5.41, 5.74) is -0.423. The summed E-state index contributed by atoms with van der Waals surface area (Å²) in [6, 6.07) is -0.529. The van der Waals surface area contributed by atoms with E-state index < -0.39 is 44.8 Å². The van der Waals surface area contributed by atoms with Gasteiger partial charge >= 0.3 is 11.9 Å². The molecule has 1 atom stereocenters. The average molecular weight is 493 g/mol. The van der Waals surface area contributed by atoms with Gasteiger partial charge in [-0.15, -0.1) is 0 Å². The molecule has 1 aliphatic heterocycles. The Kier molecular flexibility index (Phi) is 5.37. The van der Waals surface area contributed by atoms with Crippen molar-refractivity contribution in [1.82, 2.24) is 19.4 Å². The third-order valence-corrected chi connectivity index (χ3v) is 8.72. The summed E-state index contributed by atoms with van der Waals surface area (Å²) in [5.74, 6) is -0.606. The molecule has 2 N–H and O–H groups in total. The van der Waals surface area contributed by atoms with Crippen LogP contribution in [0.3, 0.4) is 0 Å². The highest BCUT2D eigenvalue weighted by Crippen LogP contribution is 2.45. The maximum absolute atomic E-state index is 13.4. The number of fused-ring (bicyclic) bond motifs is 1. The maximum Gasteiger partial charge on any atom is 0.501 e. The van der Waals surface area contributed by atoms with Gasteiger partial charge in [0.05, 0.1) is 18.3 Å². The van der Waals surface area contributed by atoms with Gasteiger partial charge in [0.25, 0.3) is 0 Å². The largest absolute Gasteiger partial charge is 0.501 e. The molecule has 5 rings (SSSR count). The van der Waals surface area contributed by atoms with Crippen molar-refractivity contribution in [2.45, 2.75) is 43.0 Å². The maximum atomic E-state index is 13.4. The number of urea groups is 1. The van der Waals surface area contributed by atoms with Crippen LogP contribution in [0, 0.1) is 5.41 Å². The molecule has 0 aromatic carbocycles. The van der Waals surface area contributed by atoms with Crippen molar-refractivity contribution in [3.8, 4) is 0 Å². The lowest BCUT2D eigenvalue weighted by molar-refractivity contribution is -0.449. The minimum Gasteiger partial charge on any atom is -0.396 e. The number of aromatic nitrogens is 2. The first-order valence-electron chi connectivity index (χ1n) is 11.2. The number of sulfonamides is 1. The zero-order valence-corrected chi connectivity index (χ0v) is 19.6. The molecule has 3 amide bonds. The van der Waals surface area contributed by atoms with Gasteiger partial charge in [-0.2, -0.15) is 19.4 Å². The van der Waals surface area contributed by atoms with E-state index in [2.05, 4.69) is 9.82 Å². The molecule has 2 heterocycles. The number of allylic oxidation sites excluding steroid dienone is 1. The van der Waals surface area contributed by atoms with E-state index in [0.29, 0.717) is 24.1 Å². The lowest BCUT2D eigenvalue weighted by atomic mass is 9.98. The molecule has 1 aromatic rings.